The van der Waals surface area contributed by atoms with E-state index in [1.165, 1.54) is 60.8 Å². The van der Waals surface area contributed by atoms with Crippen LogP contribution in [0.1, 0.15) is 51.7 Å². The Hall–Kier alpha value is -4.96. The minimum Gasteiger partial charge on any atom is -0.496 e. The van der Waals surface area contributed by atoms with Crippen molar-refractivity contribution < 1.29 is 54.4 Å². The lowest BCUT2D eigenvalue weighted by atomic mass is 9.74. The van der Waals surface area contributed by atoms with Gasteiger partial charge in [-0.1, -0.05) is 52.0 Å². The fraction of sp³-hybridized carbons (Fsp3) is 0.455. The van der Waals surface area contributed by atoms with Crippen LogP contribution in [0.5, 0.6) is 11.5 Å². The number of alkyl halides is 6. The van der Waals surface area contributed by atoms with Gasteiger partial charge in [-0.25, -0.2) is 8.78 Å². The summed E-state index contributed by atoms with van der Waals surface area (Å²) in [5, 5.41) is 20.7. The summed E-state index contributed by atoms with van der Waals surface area (Å²) in [6.45, 7) is 8.20. The molecule has 60 heavy (non-hydrogen) atoms. The van der Waals surface area contributed by atoms with E-state index in [9.17, 15) is 40.2 Å². The van der Waals surface area contributed by atoms with Gasteiger partial charge in [0.2, 0.25) is 0 Å². The maximum absolute atomic E-state index is 14.1. The third-order valence-corrected chi connectivity index (χ3v) is 10.9. The van der Waals surface area contributed by atoms with Crippen molar-refractivity contribution in [1.82, 2.24) is 0 Å². The quantitative estimate of drug-likeness (QED) is 0.0927. The summed E-state index contributed by atoms with van der Waals surface area (Å²) < 4.78 is 124. The van der Waals surface area contributed by atoms with Gasteiger partial charge in [0, 0.05) is 37.3 Å². The van der Waals surface area contributed by atoms with Crippen LogP contribution < -0.4 is 30.3 Å². The number of anilines is 4. The van der Waals surface area contributed by atoms with Crippen molar-refractivity contribution in [2.75, 3.05) is 74.4 Å². The van der Waals surface area contributed by atoms with Crippen LogP contribution in [-0.4, -0.2) is 82.2 Å². The van der Waals surface area contributed by atoms with E-state index in [4.69, 9.17) is 9.47 Å². The first-order valence-electron chi connectivity index (χ1n) is 19.4. The van der Waals surface area contributed by atoms with Gasteiger partial charge < -0.3 is 40.2 Å². The van der Waals surface area contributed by atoms with Crippen molar-refractivity contribution >= 4 is 22.7 Å². The largest absolute Gasteiger partial charge is 0.496 e. The number of fused-ring (bicyclic) bond motifs is 2. The molecule has 1 saturated heterocycles. The van der Waals surface area contributed by atoms with Crippen LogP contribution in [0, 0.1) is 11.6 Å². The summed E-state index contributed by atoms with van der Waals surface area (Å²) in [7, 11) is 2.78. The molecule has 3 aliphatic heterocycles. The van der Waals surface area contributed by atoms with Gasteiger partial charge in [0.25, 0.3) is 0 Å². The van der Waals surface area contributed by atoms with Crippen molar-refractivity contribution in [2.24, 2.45) is 0 Å². The topological polar surface area (TPSA) is 90.6 Å². The number of benzene rings is 4. The van der Waals surface area contributed by atoms with Gasteiger partial charge in [0.15, 0.2) is 11.2 Å². The number of ether oxygens (including phenoxy) is 3. The average Bonchev–Trinajstić information content (AvgIpc) is 3.98. The number of nitrogens with zero attached hydrogens (tertiary/aromatic N) is 1. The Labute approximate surface area is 345 Å². The molecule has 8 nitrogen and oxygen atoms in total. The third-order valence-electron chi connectivity index (χ3n) is 10.9. The Kier molecular flexibility index (Phi) is 13.8. The standard InChI is InChI=1S/C22H26F4N2O2.C14H16F4O2.C8H10N2/c1-20(2,16-12-15(23)8-9-19(16)30-3)13-21(29,22(24,25)26)14-28-11-10-27-17-6-4-5-7-18(17)28;1-12(2,7-13(8-20-13)14(16,17)18)10-6-9(15)4-5-11(10)19-3;1-2-4-8-7(3-1)9-5-6-10-8/h4-9,12,27,29H,10-11,13-14H2,1-3H3;4-6H,7-8H2,1-3H3;1-4,9-10H,5-6H2. The average molecular weight is 853 g/mol. The molecule has 328 valence electrons. The van der Waals surface area contributed by atoms with Gasteiger partial charge >= 0.3 is 12.4 Å². The lowest BCUT2D eigenvalue weighted by Gasteiger charge is -2.43. The van der Waals surface area contributed by atoms with Crippen LogP contribution >= 0.6 is 0 Å². The molecule has 1 fully saturated rings. The lowest BCUT2D eigenvalue weighted by molar-refractivity contribution is -0.262. The normalized spacial score (nSPS) is 18.3. The van der Waals surface area contributed by atoms with E-state index in [2.05, 4.69) is 32.8 Å². The monoisotopic (exact) mass is 852 g/mol. The molecule has 0 aromatic heterocycles. The highest BCUT2D eigenvalue weighted by Gasteiger charge is 2.67. The molecule has 2 atom stereocenters. The minimum atomic E-state index is -4.88. The van der Waals surface area contributed by atoms with E-state index >= 15 is 0 Å². The van der Waals surface area contributed by atoms with Crippen LogP contribution in [0.2, 0.25) is 0 Å². The van der Waals surface area contributed by atoms with Gasteiger partial charge in [0.1, 0.15) is 23.1 Å². The minimum absolute atomic E-state index is 0.272. The van der Waals surface area contributed by atoms with Crippen LogP contribution in [0.15, 0.2) is 84.9 Å². The van der Waals surface area contributed by atoms with Crippen molar-refractivity contribution in [3.63, 3.8) is 0 Å². The Morgan fingerprint density at radius 2 is 1.15 bits per heavy atom. The highest BCUT2D eigenvalue weighted by atomic mass is 19.4. The second-order valence-corrected chi connectivity index (χ2v) is 16.4. The first-order chi connectivity index (χ1) is 28.0. The molecule has 0 bridgehead atoms. The predicted octanol–water partition coefficient (Wildman–Crippen LogP) is 10.1. The van der Waals surface area contributed by atoms with Crippen LogP contribution in [0.3, 0.4) is 0 Å². The number of aliphatic hydroxyl groups is 1. The molecule has 4 N–H and O–H groups in total. The van der Waals surface area contributed by atoms with Gasteiger partial charge in [-0.2, -0.15) is 26.3 Å². The number of hydrogen-bond donors (Lipinski definition) is 4. The molecular formula is C44H52F8N4O4. The van der Waals surface area contributed by atoms with E-state index in [0.717, 1.165) is 24.8 Å². The van der Waals surface area contributed by atoms with Crippen LogP contribution in [0.25, 0.3) is 0 Å². The van der Waals surface area contributed by atoms with Gasteiger partial charge in [-0.05, 0) is 84.3 Å². The van der Waals surface area contributed by atoms with E-state index in [-0.39, 0.29) is 24.3 Å². The van der Waals surface area contributed by atoms with Crippen molar-refractivity contribution in [3.05, 3.63) is 108 Å². The van der Waals surface area contributed by atoms with Crippen molar-refractivity contribution in [1.29, 1.82) is 0 Å². The number of rotatable bonds is 10. The second kappa shape index (κ2) is 17.9. The lowest BCUT2D eigenvalue weighted by Crippen LogP contribution is -2.57. The van der Waals surface area contributed by atoms with Crippen LogP contribution in [-0.2, 0) is 15.6 Å². The Morgan fingerprint density at radius 1 is 0.683 bits per heavy atom. The van der Waals surface area contributed by atoms with Gasteiger partial charge in [-0.15, -0.1) is 0 Å². The Bertz CT molecular complexity index is 2050. The first-order valence-corrected chi connectivity index (χ1v) is 19.4. The maximum Gasteiger partial charge on any atom is 0.419 e. The smallest absolute Gasteiger partial charge is 0.419 e. The third kappa shape index (κ3) is 10.7. The highest BCUT2D eigenvalue weighted by molar-refractivity contribution is 5.72. The molecule has 2 unspecified atom stereocenters. The molecule has 0 aliphatic carbocycles. The number of methoxy groups -OCH3 is 2. The van der Waals surface area contributed by atoms with Gasteiger partial charge in [-0.3, -0.25) is 0 Å². The summed E-state index contributed by atoms with van der Waals surface area (Å²) in [6, 6.07) is 22.9. The SMILES string of the molecule is COc1ccc(F)cc1C(C)(C)CC(O)(CN1CCNc2ccccc21)C(F)(F)F.COc1ccc(F)cc1C(C)(C)CC1(C(F)(F)F)CO1.c1ccc2c(c1)NCCN2. The van der Waals surface area contributed by atoms with Gasteiger partial charge in [0.05, 0.1) is 50.1 Å². The Morgan fingerprint density at radius 3 is 1.62 bits per heavy atom. The number of β-amino-alcohol motifs (C(OH)–C–C–N with tert-alkyl or cyclic N) is 1. The fourth-order valence-corrected chi connectivity index (χ4v) is 7.76. The molecule has 7 rings (SSSR count). The highest BCUT2D eigenvalue weighted by Crippen LogP contribution is 2.52. The summed E-state index contributed by atoms with van der Waals surface area (Å²) >= 11 is 0. The zero-order valence-corrected chi connectivity index (χ0v) is 34.4. The second-order valence-electron chi connectivity index (χ2n) is 16.4. The van der Waals surface area contributed by atoms with E-state index < -0.39 is 59.0 Å². The summed E-state index contributed by atoms with van der Waals surface area (Å²) in [4.78, 5) is 1.54. The molecule has 4 aromatic carbocycles. The first kappa shape index (κ1) is 46.1. The molecule has 0 spiro atoms. The molecule has 3 heterocycles. The molecule has 0 radical (unpaired) electrons. The number of epoxide rings is 1. The van der Waals surface area contributed by atoms with E-state index in [1.54, 1.807) is 52.0 Å². The molecule has 0 saturated carbocycles. The molecule has 3 aliphatic rings. The zero-order valence-electron chi connectivity index (χ0n) is 34.4. The number of hydrogen-bond acceptors (Lipinski definition) is 8. The summed E-state index contributed by atoms with van der Waals surface area (Å²) in [5.41, 5.74) is -2.85. The summed E-state index contributed by atoms with van der Waals surface area (Å²) in [5.74, 6) is -0.440. The number of halogens is 8. The maximum atomic E-state index is 14.1. The molecule has 0 amide bonds. The van der Waals surface area contributed by atoms with E-state index in [1.807, 2.05) is 12.1 Å². The van der Waals surface area contributed by atoms with Crippen LogP contribution in [0.4, 0.5) is 57.9 Å². The molecule has 4 aromatic rings. The summed E-state index contributed by atoms with van der Waals surface area (Å²) in [6.07, 6.45) is -10.2. The number of para-hydroxylation sites is 4. The molecule has 16 heteroatoms. The fourth-order valence-electron chi connectivity index (χ4n) is 7.76. The number of nitrogens with one attached hydrogen (secondary N) is 3. The van der Waals surface area contributed by atoms with Crippen molar-refractivity contribution in [2.45, 2.75) is 74.9 Å². The zero-order chi connectivity index (χ0) is 44.1. The molecular weight excluding hydrogens is 800 g/mol. The Balaban J connectivity index is 0.000000193. The van der Waals surface area contributed by atoms with Crippen molar-refractivity contribution in [3.8, 4) is 11.5 Å². The predicted molar refractivity (Wildman–Crippen MR) is 217 cm³/mol. The van der Waals surface area contributed by atoms with E-state index in [0.29, 0.717) is 30.1 Å².